The standard InChI is InChI=1S/C5H6O4S3/c6-2-9-3-12-5(10)11-1-4(7)8/h2H,1,3H2,(H,7,8). The molecular formula is C5H6O4S3. The summed E-state index contributed by atoms with van der Waals surface area (Å²) in [5.74, 6) is -0.846. The predicted molar refractivity (Wildman–Crippen MR) is 52.3 cm³/mol. The number of aliphatic carboxylic acids is 1. The van der Waals surface area contributed by atoms with Crippen LogP contribution in [0.5, 0.6) is 0 Å². The van der Waals surface area contributed by atoms with E-state index in [2.05, 4.69) is 4.74 Å². The quantitative estimate of drug-likeness (QED) is 0.324. The maximum Gasteiger partial charge on any atom is 0.313 e. The highest BCUT2D eigenvalue weighted by molar-refractivity contribution is 8.47. The Morgan fingerprint density at radius 1 is 1.58 bits per heavy atom. The molecule has 0 saturated carbocycles. The van der Waals surface area contributed by atoms with E-state index in [0.29, 0.717) is 10.0 Å². The maximum atomic E-state index is 10.1. The van der Waals surface area contributed by atoms with Crippen LogP contribution in [0.4, 0.5) is 0 Å². The van der Waals surface area contributed by atoms with E-state index in [-0.39, 0.29) is 11.7 Å². The van der Waals surface area contributed by atoms with E-state index in [0.717, 1.165) is 23.5 Å². The van der Waals surface area contributed by atoms with Crippen LogP contribution >= 0.6 is 35.7 Å². The second-order valence-corrected chi connectivity index (χ2v) is 4.56. The van der Waals surface area contributed by atoms with Crippen molar-refractivity contribution in [3.63, 3.8) is 0 Å². The van der Waals surface area contributed by atoms with Crippen molar-refractivity contribution in [2.24, 2.45) is 0 Å². The molecule has 12 heavy (non-hydrogen) atoms. The van der Waals surface area contributed by atoms with Crippen molar-refractivity contribution in [3.05, 3.63) is 0 Å². The van der Waals surface area contributed by atoms with Gasteiger partial charge in [-0.3, -0.25) is 9.59 Å². The van der Waals surface area contributed by atoms with Crippen LogP contribution in [-0.4, -0.2) is 32.8 Å². The molecule has 0 fully saturated rings. The van der Waals surface area contributed by atoms with Crippen LogP contribution in [0.2, 0.25) is 0 Å². The largest absolute Gasteiger partial charge is 0.481 e. The summed E-state index contributed by atoms with van der Waals surface area (Å²) >= 11 is 6.91. The molecule has 0 aliphatic carbocycles. The summed E-state index contributed by atoms with van der Waals surface area (Å²) in [6.45, 7) is 0.317. The lowest BCUT2D eigenvalue weighted by molar-refractivity contribution is -0.134. The number of thioether (sulfide) groups is 2. The summed E-state index contributed by atoms with van der Waals surface area (Å²) in [5, 5.41) is 8.26. The first-order chi connectivity index (χ1) is 5.66. The smallest absolute Gasteiger partial charge is 0.313 e. The lowest BCUT2D eigenvalue weighted by atomic mass is 10.8. The van der Waals surface area contributed by atoms with E-state index in [1.807, 2.05) is 0 Å². The lowest BCUT2D eigenvalue weighted by Crippen LogP contribution is -2.00. The Hall–Kier alpha value is -0.270. The average molecular weight is 226 g/mol. The van der Waals surface area contributed by atoms with Crippen LogP contribution in [0.1, 0.15) is 0 Å². The molecule has 0 atom stereocenters. The molecule has 0 aliphatic rings. The molecule has 0 unspecified atom stereocenters. The van der Waals surface area contributed by atoms with Gasteiger partial charge in [-0.05, 0) is 0 Å². The second kappa shape index (κ2) is 7.38. The first-order valence-electron chi connectivity index (χ1n) is 2.73. The number of carboxylic acid groups (broad SMARTS) is 1. The molecule has 0 spiro atoms. The number of carbonyl (C=O) groups excluding carboxylic acids is 1. The zero-order valence-electron chi connectivity index (χ0n) is 5.89. The first-order valence-corrected chi connectivity index (χ1v) is 5.11. The van der Waals surface area contributed by atoms with Crippen molar-refractivity contribution in [3.8, 4) is 0 Å². The minimum atomic E-state index is -0.917. The van der Waals surface area contributed by atoms with Crippen LogP contribution in [0.15, 0.2) is 0 Å². The molecule has 0 aromatic rings. The Balaban J connectivity index is 3.33. The topological polar surface area (TPSA) is 63.6 Å². The normalized spacial score (nSPS) is 9.00. The number of carbonyl (C=O) groups is 2. The Morgan fingerprint density at radius 2 is 2.25 bits per heavy atom. The van der Waals surface area contributed by atoms with Crippen LogP contribution in [0.3, 0.4) is 0 Å². The van der Waals surface area contributed by atoms with Gasteiger partial charge in [-0.15, -0.1) is 0 Å². The van der Waals surface area contributed by atoms with Crippen LogP contribution < -0.4 is 0 Å². The molecule has 68 valence electrons. The van der Waals surface area contributed by atoms with Gasteiger partial charge in [-0.25, -0.2) is 0 Å². The van der Waals surface area contributed by atoms with Gasteiger partial charge in [0.1, 0.15) is 9.47 Å². The summed E-state index contributed by atoms with van der Waals surface area (Å²) in [4.78, 5) is 19.7. The molecule has 0 rings (SSSR count). The number of rotatable bonds is 5. The molecule has 0 aromatic heterocycles. The van der Waals surface area contributed by atoms with Crippen LogP contribution in [0.25, 0.3) is 0 Å². The van der Waals surface area contributed by atoms with Crippen LogP contribution in [-0.2, 0) is 14.3 Å². The van der Waals surface area contributed by atoms with E-state index >= 15 is 0 Å². The van der Waals surface area contributed by atoms with Gasteiger partial charge in [-0.2, -0.15) is 0 Å². The van der Waals surface area contributed by atoms with Crippen molar-refractivity contribution in [1.82, 2.24) is 0 Å². The Labute approximate surface area is 83.0 Å². The number of thiocarbonyl (C=S) groups is 1. The first kappa shape index (κ1) is 11.7. The summed E-state index contributed by atoms with van der Waals surface area (Å²) < 4.78 is 4.80. The van der Waals surface area contributed by atoms with Gasteiger partial charge in [0.25, 0.3) is 6.47 Å². The zero-order valence-corrected chi connectivity index (χ0v) is 8.34. The third kappa shape index (κ3) is 7.83. The second-order valence-electron chi connectivity index (χ2n) is 1.46. The van der Waals surface area contributed by atoms with Gasteiger partial charge in [-0.1, -0.05) is 35.7 Å². The summed E-state index contributed by atoms with van der Waals surface area (Å²) in [7, 11) is 0. The Kier molecular flexibility index (Phi) is 7.22. The summed E-state index contributed by atoms with van der Waals surface area (Å²) in [5.41, 5.74) is 0. The van der Waals surface area contributed by atoms with Crippen molar-refractivity contribution in [2.45, 2.75) is 0 Å². The Bertz CT molecular complexity index is 182. The van der Waals surface area contributed by atoms with E-state index in [4.69, 9.17) is 17.3 Å². The third-order valence-corrected chi connectivity index (χ3v) is 3.16. The lowest BCUT2D eigenvalue weighted by Gasteiger charge is -1.98. The van der Waals surface area contributed by atoms with E-state index in [9.17, 15) is 9.59 Å². The van der Waals surface area contributed by atoms with Crippen molar-refractivity contribution in [2.75, 3.05) is 11.7 Å². The van der Waals surface area contributed by atoms with Gasteiger partial charge in [0.2, 0.25) is 0 Å². The SMILES string of the molecule is O=COCSC(=S)SCC(=O)O. The number of carboxylic acids is 1. The highest BCUT2D eigenvalue weighted by atomic mass is 32.2. The molecule has 1 N–H and O–H groups in total. The summed E-state index contributed by atoms with van der Waals surface area (Å²) in [6, 6.07) is 0. The molecule has 4 nitrogen and oxygen atoms in total. The van der Waals surface area contributed by atoms with Gasteiger partial charge in [0.05, 0.1) is 5.75 Å². The van der Waals surface area contributed by atoms with Gasteiger partial charge < -0.3 is 9.84 Å². The van der Waals surface area contributed by atoms with Crippen molar-refractivity contribution >= 4 is 51.7 Å². The van der Waals surface area contributed by atoms with E-state index in [1.165, 1.54) is 0 Å². The highest BCUT2D eigenvalue weighted by Crippen LogP contribution is 2.16. The van der Waals surface area contributed by atoms with E-state index < -0.39 is 5.97 Å². The van der Waals surface area contributed by atoms with Crippen LogP contribution in [0, 0.1) is 0 Å². The maximum absolute atomic E-state index is 10.1. The molecule has 0 bridgehead atoms. The predicted octanol–water partition coefficient (Wildman–Crippen LogP) is 0.953. The average Bonchev–Trinajstić information content (AvgIpc) is 2.01. The molecule has 0 aromatic carbocycles. The van der Waals surface area contributed by atoms with E-state index in [1.54, 1.807) is 0 Å². The monoisotopic (exact) mass is 226 g/mol. The molecule has 0 heterocycles. The molecule has 0 amide bonds. The molecular weight excluding hydrogens is 220 g/mol. The molecule has 0 radical (unpaired) electrons. The fourth-order valence-electron chi connectivity index (χ4n) is 0.272. The van der Waals surface area contributed by atoms with Gasteiger partial charge in [0, 0.05) is 0 Å². The minimum absolute atomic E-state index is 0.0626. The van der Waals surface area contributed by atoms with Gasteiger partial charge in [0.15, 0.2) is 0 Å². The minimum Gasteiger partial charge on any atom is -0.481 e. The molecule has 7 heteroatoms. The van der Waals surface area contributed by atoms with Crippen molar-refractivity contribution in [1.29, 1.82) is 0 Å². The third-order valence-electron chi connectivity index (χ3n) is 0.626. The fraction of sp³-hybridized carbons (Fsp3) is 0.400. The molecule has 0 aliphatic heterocycles. The zero-order chi connectivity index (χ0) is 9.40. The number of ether oxygens (including phenoxy) is 1. The Morgan fingerprint density at radius 3 is 2.75 bits per heavy atom. The summed E-state index contributed by atoms with van der Waals surface area (Å²) in [6.07, 6.45) is 0. The number of hydrogen-bond acceptors (Lipinski definition) is 6. The fourth-order valence-corrected chi connectivity index (χ4v) is 1.71. The van der Waals surface area contributed by atoms with Gasteiger partial charge >= 0.3 is 5.97 Å². The number of hydrogen-bond donors (Lipinski definition) is 1. The highest BCUT2D eigenvalue weighted by Gasteiger charge is 2.02. The van der Waals surface area contributed by atoms with Crippen molar-refractivity contribution < 1.29 is 19.4 Å². The molecule has 0 saturated heterocycles.